The van der Waals surface area contributed by atoms with E-state index in [9.17, 15) is 18.0 Å². The number of rotatable bonds is 1. The van der Waals surface area contributed by atoms with E-state index in [-0.39, 0.29) is 0 Å². The molecule has 94 valence electrons. The average molecular weight is 246 g/mol. The van der Waals surface area contributed by atoms with Crippen LogP contribution in [0.3, 0.4) is 0 Å². The number of hydrogen-bond acceptors (Lipinski definition) is 2. The Bertz CT molecular complexity index is 416. The van der Waals surface area contributed by atoms with Crippen molar-refractivity contribution in [1.29, 1.82) is 0 Å². The van der Waals surface area contributed by atoms with Gasteiger partial charge in [0.1, 0.15) is 5.75 Å². The molecule has 5 heteroatoms. The summed E-state index contributed by atoms with van der Waals surface area (Å²) in [7, 11) is 0. The lowest BCUT2D eigenvalue weighted by Crippen LogP contribution is -2.26. The molecule has 0 heterocycles. The van der Waals surface area contributed by atoms with Gasteiger partial charge in [0.15, 0.2) is 0 Å². The molecule has 1 rings (SSSR count). The van der Waals surface area contributed by atoms with Crippen LogP contribution in [-0.4, -0.2) is 5.97 Å². The van der Waals surface area contributed by atoms with Crippen molar-refractivity contribution in [3.8, 4) is 5.75 Å². The number of halogens is 3. The lowest BCUT2D eigenvalue weighted by atomic mass is 9.97. The van der Waals surface area contributed by atoms with Gasteiger partial charge >= 0.3 is 12.1 Å². The van der Waals surface area contributed by atoms with Gasteiger partial charge in [0.2, 0.25) is 0 Å². The maximum absolute atomic E-state index is 12.6. The first-order valence-electron chi connectivity index (χ1n) is 5.01. The Morgan fingerprint density at radius 1 is 1.12 bits per heavy atom. The summed E-state index contributed by atoms with van der Waals surface area (Å²) in [6.45, 7) is 4.72. The van der Waals surface area contributed by atoms with Crippen LogP contribution < -0.4 is 4.74 Å². The molecule has 1 aromatic carbocycles. The smallest absolute Gasteiger partial charge is 0.419 e. The molecule has 0 amide bonds. The Morgan fingerprint density at radius 2 is 1.65 bits per heavy atom. The molecular weight excluding hydrogens is 233 g/mol. The molecule has 0 saturated heterocycles. The SMILES string of the molecule is CC(C)(C)C(=O)Oc1ccccc1C(F)(F)F. The number of benzene rings is 1. The van der Waals surface area contributed by atoms with Gasteiger partial charge in [-0.25, -0.2) is 0 Å². The van der Waals surface area contributed by atoms with Crippen LogP contribution in [0.5, 0.6) is 5.75 Å². The summed E-state index contributed by atoms with van der Waals surface area (Å²) < 4.78 is 42.6. The fourth-order valence-corrected chi connectivity index (χ4v) is 1.04. The Kier molecular flexibility index (Phi) is 3.50. The normalized spacial score (nSPS) is 12.4. The second kappa shape index (κ2) is 4.39. The van der Waals surface area contributed by atoms with E-state index in [0.717, 1.165) is 12.1 Å². The predicted molar refractivity (Wildman–Crippen MR) is 56.5 cm³/mol. The van der Waals surface area contributed by atoms with Crippen LogP contribution in [-0.2, 0) is 11.0 Å². The molecular formula is C12H13F3O2. The van der Waals surface area contributed by atoms with Gasteiger partial charge in [-0.05, 0) is 32.9 Å². The van der Waals surface area contributed by atoms with E-state index < -0.39 is 28.9 Å². The van der Waals surface area contributed by atoms with E-state index >= 15 is 0 Å². The Balaban J connectivity index is 3.04. The minimum atomic E-state index is -4.53. The molecule has 0 aromatic heterocycles. The Morgan fingerprint density at radius 3 is 2.12 bits per heavy atom. The molecule has 0 fully saturated rings. The highest BCUT2D eigenvalue weighted by atomic mass is 19.4. The van der Waals surface area contributed by atoms with Gasteiger partial charge in [0, 0.05) is 0 Å². The Hall–Kier alpha value is -1.52. The zero-order chi connectivity index (χ0) is 13.3. The number of alkyl halides is 3. The van der Waals surface area contributed by atoms with E-state index in [1.54, 1.807) is 20.8 Å². The maximum Gasteiger partial charge on any atom is 0.419 e. The van der Waals surface area contributed by atoms with E-state index in [1.165, 1.54) is 12.1 Å². The number of para-hydroxylation sites is 1. The van der Waals surface area contributed by atoms with Crippen molar-refractivity contribution in [1.82, 2.24) is 0 Å². The summed E-state index contributed by atoms with van der Waals surface area (Å²) >= 11 is 0. The lowest BCUT2D eigenvalue weighted by Gasteiger charge is -2.18. The van der Waals surface area contributed by atoms with E-state index in [4.69, 9.17) is 4.74 Å². The van der Waals surface area contributed by atoms with Gasteiger partial charge in [-0.2, -0.15) is 13.2 Å². The fourth-order valence-electron chi connectivity index (χ4n) is 1.04. The summed E-state index contributed by atoms with van der Waals surface area (Å²) in [5, 5.41) is 0. The van der Waals surface area contributed by atoms with Crippen molar-refractivity contribution < 1.29 is 22.7 Å². The third-order valence-electron chi connectivity index (χ3n) is 2.01. The van der Waals surface area contributed by atoms with Gasteiger partial charge in [-0.1, -0.05) is 12.1 Å². The second-order valence-electron chi connectivity index (χ2n) is 4.63. The first-order valence-corrected chi connectivity index (χ1v) is 5.01. The van der Waals surface area contributed by atoms with Crippen molar-refractivity contribution in [2.75, 3.05) is 0 Å². The topological polar surface area (TPSA) is 26.3 Å². The predicted octanol–water partition coefficient (Wildman–Crippen LogP) is 3.66. The monoisotopic (exact) mass is 246 g/mol. The average Bonchev–Trinajstić information content (AvgIpc) is 2.15. The maximum atomic E-state index is 12.6. The van der Waals surface area contributed by atoms with Crippen molar-refractivity contribution in [3.63, 3.8) is 0 Å². The third-order valence-corrected chi connectivity index (χ3v) is 2.01. The summed E-state index contributed by atoms with van der Waals surface area (Å²) in [5.41, 5.74) is -1.80. The van der Waals surface area contributed by atoms with Crippen LogP contribution >= 0.6 is 0 Å². The number of hydrogen-bond donors (Lipinski definition) is 0. The van der Waals surface area contributed by atoms with Crippen LogP contribution in [0.15, 0.2) is 24.3 Å². The van der Waals surface area contributed by atoms with Crippen LogP contribution in [0.2, 0.25) is 0 Å². The standard InChI is InChI=1S/C12H13F3O2/c1-11(2,3)10(16)17-9-7-5-4-6-8(9)12(13,14)15/h4-7H,1-3H3. The van der Waals surface area contributed by atoms with Gasteiger partial charge in [-0.3, -0.25) is 4.79 Å². The van der Waals surface area contributed by atoms with Gasteiger partial charge in [0.25, 0.3) is 0 Å². The molecule has 0 N–H and O–H groups in total. The second-order valence-corrected chi connectivity index (χ2v) is 4.63. The van der Waals surface area contributed by atoms with E-state index in [1.807, 2.05) is 0 Å². The molecule has 1 aromatic rings. The molecule has 0 bridgehead atoms. The van der Waals surface area contributed by atoms with Crippen LogP contribution in [0.1, 0.15) is 26.3 Å². The molecule has 0 aliphatic carbocycles. The van der Waals surface area contributed by atoms with E-state index in [0.29, 0.717) is 0 Å². The molecule has 0 spiro atoms. The van der Waals surface area contributed by atoms with Crippen LogP contribution in [0, 0.1) is 5.41 Å². The highest BCUT2D eigenvalue weighted by molar-refractivity contribution is 5.78. The van der Waals surface area contributed by atoms with Crippen molar-refractivity contribution >= 4 is 5.97 Å². The highest BCUT2D eigenvalue weighted by Gasteiger charge is 2.35. The zero-order valence-corrected chi connectivity index (χ0v) is 9.76. The third kappa shape index (κ3) is 3.47. The largest absolute Gasteiger partial charge is 0.425 e. The minimum absolute atomic E-state index is 0.458. The summed E-state index contributed by atoms with van der Waals surface area (Å²) in [4.78, 5) is 11.5. The number of ether oxygens (including phenoxy) is 1. The van der Waals surface area contributed by atoms with Gasteiger partial charge < -0.3 is 4.74 Å². The first kappa shape index (κ1) is 13.5. The van der Waals surface area contributed by atoms with Gasteiger partial charge in [-0.15, -0.1) is 0 Å². The summed E-state index contributed by atoms with van der Waals surface area (Å²) in [6.07, 6.45) is -4.53. The molecule has 0 saturated carbocycles. The molecule has 17 heavy (non-hydrogen) atoms. The molecule has 2 nitrogen and oxygen atoms in total. The van der Waals surface area contributed by atoms with Crippen molar-refractivity contribution in [2.45, 2.75) is 26.9 Å². The molecule has 0 aliphatic heterocycles. The summed E-state index contributed by atoms with van der Waals surface area (Å²) in [5.74, 6) is -1.16. The fraction of sp³-hybridized carbons (Fsp3) is 0.417. The van der Waals surface area contributed by atoms with Gasteiger partial charge in [0.05, 0.1) is 11.0 Å². The number of carbonyl (C=O) groups excluding carboxylic acids is 1. The van der Waals surface area contributed by atoms with Crippen LogP contribution in [0.25, 0.3) is 0 Å². The molecule has 0 radical (unpaired) electrons. The van der Waals surface area contributed by atoms with Crippen LogP contribution in [0.4, 0.5) is 13.2 Å². The first-order chi connectivity index (χ1) is 7.62. The molecule has 0 atom stereocenters. The molecule has 0 aliphatic rings. The van der Waals surface area contributed by atoms with E-state index in [2.05, 4.69) is 0 Å². The molecule has 0 unspecified atom stereocenters. The quantitative estimate of drug-likeness (QED) is 0.558. The van der Waals surface area contributed by atoms with Crippen molar-refractivity contribution in [3.05, 3.63) is 29.8 Å². The Labute approximate surface area is 97.4 Å². The highest BCUT2D eigenvalue weighted by Crippen LogP contribution is 2.36. The number of esters is 1. The van der Waals surface area contributed by atoms with Crippen molar-refractivity contribution in [2.24, 2.45) is 5.41 Å². The summed E-state index contributed by atoms with van der Waals surface area (Å²) in [6, 6.07) is 4.65. The minimum Gasteiger partial charge on any atom is -0.425 e. The lowest BCUT2D eigenvalue weighted by molar-refractivity contribution is -0.147. The number of carbonyl (C=O) groups is 1. The zero-order valence-electron chi connectivity index (χ0n) is 9.76.